The Balaban J connectivity index is 2.24. The zero-order valence-corrected chi connectivity index (χ0v) is 12.2. The monoisotopic (exact) mass is 292 g/mol. The van der Waals surface area contributed by atoms with Gasteiger partial charge in [-0.25, -0.2) is 0 Å². The van der Waals surface area contributed by atoms with Crippen molar-refractivity contribution in [1.82, 2.24) is 10.2 Å². The molecule has 0 atom stereocenters. The lowest BCUT2D eigenvalue weighted by Crippen LogP contribution is -2.10. The number of ether oxygens (including phenoxy) is 1. The van der Waals surface area contributed by atoms with Gasteiger partial charge in [0.1, 0.15) is 5.75 Å². The van der Waals surface area contributed by atoms with E-state index in [1.54, 1.807) is 25.3 Å². The van der Waals surface area contributed by atoms with Gasteiger partial charge in [-0.05, 0) is 24.6 Å². The SMILES string of the molecule is CCCC(=O)Nc1nnc(-c2cc(N)ccc2OC)s1. The van der Waals surface area contributed by atoms with Crippen LogP contribution < -0.4 is 15.8 Å². The van der Waals surface area contributed by atoms with Crippen LogP contribution in [0.2, 0.25) is 0 Å². The van der Waals surface area contributed by atoms with E-state index >= 15 is 0 Å². The lowest BCUT2D eigenvalue weighted by atomic mass is 10.2. The first-order valence-corrected chi connectivity index (χ1v) is 7.03. The van der Waals surface area contributed by atoms with Gasteiger partial charge in [0, 0.05) is 12.1 Å². The van der Waals surface area contributed by atoms with Gasteiger partial charge in [-0.15, -0.1) is 10.2 Å². The Morgan fingerprint density at radius 2 is 2.25 bits per heavy atom. The first-order chi connectivity index (χ1) is 9.63. The number of hydrogen-bond acceptors (Lipinski definition) is 6. The summed E-state index contributed by atoms with van der Waals surface area (Å²) < 4.78 is 5.28. The maximum absolute atomic E-state index is 11.5. The molecule has 1 amide bonds. The summed E-state index contributed by atoms with van der Waals surface area (Å²) in [6.07, 6.45) is 1.26. The van der Waals surface area contributed by atoms with Crippen molar-refractivity contribution in [2.75, 3.05) is 18.2 Å². The van der Waals surface area contributed by atoms with Crippen LogP contribution in [0.4, 0.5) is 10.8 Å². The highest BCUT2D eigenvalue weighted by Gasteiger charge is 2.13. The molecule has 0 saturated carbocycles. The lowest BCUT2D eigenvalue weighted by molar-refractivity contribution is -0.116. The van der Waals surface area contributed by atoms with Crippen LogP contribution in [0.5, 0.6) is 5.75 Å². The zero-order valence-electron chi connectivity index (χ0n) is 11.3. The molecule has 1 heterocycles. The molecule has 1 aromatic carbocycles. The third-order valence-corrected chi connectivity index (χ3v) is 3.47. The number of benzene rings is 1. The molecule has 2 rings (SSSR count). The first-order valence-electron chi connectivity index (χ1n) is 6.21. The van der Waals surface area contributed by atoms with Crippen LogP contribution in [0, 0.1) is 0 Å². The molecule has 0 fully saturated rings. The molecule has 0 aliphatic heterocycles. The highest BCUT2D eigenvalue weighted by molar-refractivity contribution is 7.18. The molecule has 0 spiro atoms. The molecule has 106 valence electrons. The Morgan fingerprint density at radius 1 is 1.45 bits per heavy atom. The van der Waals surface area contributed by atoms with Crippen LogP contribution in [0.15, 0.2) is 18.2 Å². The van der Waals surface area contributed by atoms with Crippen molar-refractivity contribution in [2.24, 2.45) is 0 Å². The summed E-state index contributed by atoms with van der Waals surface area (Å²) in [4.78, 5) is 11.5. The molecule has 1 aromatic heterocycles. The first kappa shape index (κ1) is 14.3. The van der Waals surface area contributed by atoms with Gasteiger partial charge < -0.3 is 15.8 Å². The van der Waals surface area contributed by atoms with Gasteiger partial charge in [-0.2, -0.15) is 0 Å². The predicted octanol–water partition coefficient (Wildman–Crippen LogP) is 2.53. The van der Waals surface area contributed by atoms with E-state index in [-0.39, 0.29) is 5.91 Å². The van der Waals surface area contributed by atoms with Crippen molar-refractivity contribution in [1.29, 1.82) is 0 Å². The predicted molar refractivity (Wildman–Crippen MR) is 79.8 cm³/mol. The van der Waals surface area contributed by atoms with Gasteiger partial charge >= 0.3 is 0 Å². The van der Waals surface area contributed by atoms with Crippen LogP contribution in [0.1, 0.15) is 19.8 Å². The van der Waals surface area contributed by atoms with Crippen LogP contribution in [-0.2, 0) is 4.79 Å². The Kier molecular flexibility index (Phi) is 4.52. The topological polar surface area (TPSA) is 90.1 Å². The van der Waals surface area contributed by atoms with Crippen molar-refractivity contribution in [3.63, 3.8) is 0 Å². The van der Waals surface area contributed by atoms with Crippen molar-refractivity contribution >= 4 is 28.1 Å². The minimum absolute atomic E-state index is 0.0604. The van der Waals surface area contributed by atoms with E-state index in [2.05, 4.69) is 15.5 Å². The van der Waals surface area contributed by atoms with Crippen molar-refractivity contribution in [3.8, 4) is 16.3 Å². The fourth-order valence-corrected chi connectivity index (χ4v) is 2.46. The van der Waals surface area contributed by atoms with Crippen molar-refractivity contribution in [2.45, 2.75) is 19.8 Å². The molecule has 0 bridgehead atoms. The minimum atomic E-state index is -0.0604. The van der Waals surface area contributed by atoms with E-state index in [0.717, 1.165) is 12.0 Å². The smallest absolute Gasteiger partial charge is 0.226 e. The number of hydrogen-bond donors (Lipinski definition) is 2. The van der Waals surface area contributed by atoms with Crippen LogP contribution in [0.25, 0.3) is 10.6 Å². The van der Waals surface area contributed by atoms with Crippen LogP contribution in [-0.4, -0.2) is 23.2 Å². The van der Waals surface area contributed by atoms with Gasteiger partial charge in [0.05, 0.1) is 12.7 Å². The lowest BCUT2D eigenvalue weighted by Gasteiger charge is -2.05. The molecular weight excluding hydrogens is 276 g/mol. The fraction of sp³-hybridized carbons (Fsp3) is 0.308. The molecule has 0 saturated heterocycles. The number of aromatic nitrogens is 2. The molecular formula is C13H16N4O2S. The second-order valence-electron chi connectivity index (χ2n) is 4.17. The molecule has 2 aromatic rings. The number of anilines is 2. The summed E-state index contributed by atoms with van der Waals surface area (Å²) in [6, 6.07) is 5.31. The fourth-order valence-electron chi connectivity index (χ4n) is 1.68. The standard InChI is InChI=1S/C13H16N4O2S/c1-3-4-11(18)15-13-17-16-12(20-13)9-7-8(14)5-6-10(9)19-2/h5-7H,3-4,14H2,1-2H3,(H,15,17,18). The maximum atomic E-state index is 11.5. The Labute approximate surface area is 121 Å². The number of methoxy groups -OCH3 is 1. The number of rotatable bonds is 5. The van der Waals surface area contributed by atoms with Gasteiger partial charge in [-0.1, -0.05) is 18.3 Å². The quantitative estimate of drug-likeness (QED) is 0.826. The average molecular weight is 292 g/mol. The summed E-state index contributed by atoms with van der Waals surface area (Å²) in [5, 5.41) is 11.9. The summed E-state index contributed by atoms with van der Waals surface area (Å²) in [6.45, 7) is 1.95. The average Bonchev–Trinajstić information content (AvgIpc) is 2.87. The number of carbonyl (C=O) groups excluding carboxylic acids is 1. The minimum Gasteiger partial charge on any atom is -0.496 e. The molecule has 0 radical (unpaired) electrons. The number of nitrogens with zero attached hydrogens (tertiary/aromatic N) is 2. The van der Waals surface area contributed by atoms with E-state index < -0.39 is 0 Å². The van der Waals surface area contributed by atoms with E-state index in [4.69, 9.17) is 10.5 Å². The third-order valence-electron chi connectivity index (χ3n) is 2.60. The molecule has 6 nitrogen and oxygen atoms in total. The summed E-state index contributed by atoms with van der Waals surface area (Å²) in [5.74, 6) is 0.608. The van der Waals surface area contributed by atoms with Gasteiger partial charge in [0.25, 0.3) is 0 Å². The zero-order chi connectivity index (χ0) is 14.5. The van der Waals surface area contributed by atoms with E-state index in [1.165, 1.54) is 11.3 Å². The highest BCUT2D eigenvalue weighted by Crippen LogP contribution is 2.34. The maximum Gasteiger partial charge on any atom is 0.226 e. The van der Waals surface area contributed by atoms with Crippen molar-refractivity contribution in [3.05, 3.63) is 18.2 Å². The van der Waals surface area contributed by atoms with Crippen LogP contribution >= 0.6 is 11.3 Å². The van der Waals surface area contributed by atoms with E-state index in [9.17, 15) is 4.79 Å². The number of amides is 1. The second-order valence-corrected chi connectivity index (χ2v) is 5.15. The number of carbonyl (C=O) groups is 1. The second kappa shape index (κ2) is 6.33. The number of nitrogen functional groups attached to an aromatic ring is 1. The molecule has 7 heteroatoms. The molecule has 3 N–H and O–H groups in total. The van der Waals surface area contributed by atoms with Gasteiger partial charge in [-0.3, -0.25) is 4.79 Å². The van der Waals surface area contributed by atoms with Gasteiger partial charge in [0.15, 0.2) is 5.01 Å². The van der Waals surface area contributed by atoms with Crippen molar-refractivity contribution < 1.29 is 9.53 Å². The molecule has 0 unspecified atom stereocenters. The van der Waals surface area contributed by atoms with E-state index in [0.29, 0.717) is 28.0 Å². The highest BCUT2D eigenvalue weighted by atomic mass is 32.1. The van der Waals surface area contributed by atoms with E-state index in [1.807, 2.05) is 6.92 Å². The normalized spacial score (nSPS) is 10.3. The Bertz CT molecular complexity index is 612. The van der Waals surface area contributed by atoms with Crippen LogP contribution in [0.3, 0.4) is 0 Å². The Morgan fingerprint density at radius 3 is 2.95 bits per heavy atom. The largest absolute Gasteiger partial charge is 0.496 e. The molecule has 0 aliphatic carbocycles. The number of nitrogens with one attached hydrogen (secondary N) is 1. The summed E-state index contributed by atoms with van der Waals surface area (Å²) in [7, 11) is 1.58. The third kappa shape index (κ3) is 3.24. The van der Waals surface area contributed by atoms with Gasteiger partial charge in [0.2, 0.25) is 11.0 Å². The summed E-state index contributed by atoms with van der Waals surface area (Å²) in [5.41, 5.74) is 7.16. The number of nitrogens with two attached hydrogens (primary N) is 1. The summed E-state index contributed by atoms with van der Waals surface area (Å²) >= 11 is 1.29. The molecule has 20 heavy (non-hydrogen) atoms. The molecule has 0 aliphatic rings. The Hall–Kier alpha value is -2.15.